The van der Waals surface area contributed by atoms with Crippen molar-refractivity contribution in [2.24, 2.45) is 5.73 Å². The largest absolute Gasteiger partial charge is 0.492 e. The Morgan fingerprint density at radius 3 is 2.44 bits per heavy atom. The minimum Gasteiger partial charge on any atom is -0.492 e. The number of hydrogen-bond donors (Lipinski definition) is 1. The van der Waals surface area contributed by atoms with Crippen LogP contribution in [0.5, 0.6) is 11.5 Å². The topological polar surface area (TPSA) is 44.5 Å². The van der Waals surface area contributed by atoms with Gasteiger partial charge in [-0.2, -0.15) is 0 Å². The monoisotopic (exact) mass is 223 g/mol. The van der Waals surface area contributed by atoms with E-state index in [1.165, 1.54) is 0 Å². The van der Waals surface area contributed by atoms with Crippen LogP contribution in [0, 0.1) is 0 Å². The zero-order chi connectivity index (χ0) is 12.2. The van der Waals surface area contributed by atoms with E-state index < -0.39 is 0 Å². The third-order valence-corrected chi connectivity index (χ3v) is 1.74. The molecule has 2 N–H and O–H groups in total. The molecule has 0 spiro atoms. The SMILES string of the molecule is CC(N)COc1cccc(OC(C)(C)C)c1. The quantitative estimate of drug-likeness (QED) is 0.853. The van der Waals surface area contributed by atoms with Crippen LogP contribution in [0.15, 0.2) is 24.3 Å². The molecule has 3 heteroatoms. The summed E-state index contributed by atoms with van der Waals surface area (Å²) in [5, 5.41) is 0. The zero-order valence-corrected chi connectivity index (χ0v) is 10.5. The number of benzene rings is 1. The fourth-order valence-corrected chi connectivity index (χ4v) is 1.21. The first-order valence-electron chi connectivity index (χ1n) is 5.54. The van der Waals surface area contributed by atoms with Crippen LogP contribution in [0.1, 0.15) is 27.7 Å². The van der Waals surface area contributed by atoms with Crippen molar-refractivity contribution >= 4 is 0 Å². The van der Waals surface area contributed by atoms with Crippen LogP contribution >= 0.6 is 0 Å². The molecule has 0 amide bonds. The molecule has 0 radical (unpaired) electrons. The molecule has 0 aliphatic carbocycles. The molecule has 1 rings (SSSR count). The molecule has 90 valence electrons. The Morgan fingerprint density at radius 1 is 1.25 bits per heavy atom. The number of ether oxygens (including phenoxy) is 2. The van der Waals surface area contributed by atoms with E-state index >= 15 is 0 Å². The molecular formula is C13H21NO2. The van der Waals surface area contributed by atoms with E-state index in [-0.39, 0.29) is 11.6 Å². The Hall–Kier alpha value is -1.22. The predicted octanol–water partition coefficient (Wildman–Crippen LogP) is 2.59. The van der Waals surface area contributed by atoms with E-state index in [0.717, 1.165) is 11.5 Å². The highest BCUT2D eigenvalue weighted by Gasteiger charge is 2.11. The number of hydrogen-bond acceptors (Lipinski definition) is 3. The fourth-order valence-electron chi connectivity index (χ4n) is 1.21. The summed E-state index contributed by atoms with van der Waals surface area (Å²) < 4.78 is 11.3. The molecule has 0 aromatic heterocycles. The van der Waals surface area contributed by atoms with Crippen molar-refractivity contribution < 1.29 is 9.47 Å². The molecule has 0 heterocycles. The van der Waals surface area contributed by atoms with Gasteiger partial charge in [0, 0.05) is 12.1 Å². The Labute approximate surface area is 97.6 Å². The normalized spacial score (nSPS) is 13.3. The molecule has 0 saturated carbocycles. The highest BCUT2D eigenvalue weighted by Crippen LogP contribution is 2.23. The lowest BCUT2D eigenvalue weighted by molar-refractivity contribution is 0.130. The third kappa shape index (κ3) is 5.03. The summed E-state index contributed by atoms with van der Waals surface area (Å²) in [6.07, 6.45) is 0. The maximum atomic E-state index is 5.74. The fraction of sp³-hybridized carbons (Fsp3) is 0.538. The van der Waals surface area contributed by atoms with Crippen LogP contribution < -0.4 is 15.2 Å². The zero-order valence-electron chi connectivity index (χ0n) is 10.5. The van der Waals surface area contributed by atoms with E-state index in [9.17, 15) is 0 Å². The second-order valence-electron chi connectivity index (χ2n) is 4.98. The van der Waals surface area contributed by atoms with Crippen LogP contribution in [0.2, 0.25) is 0 Å². The second-order valence-corrected chi connectivity index (χ2v) is 4.98. The molecule has 0 fully saturated rings. The molecule has 1 unspecified atom stereocenters. The highest BCUT2D eigenvalue weighted by atomic mass is 16.5. The Kier molecular flexibility index (Phi) is 4.19. The van der Waals surface area contributed by atoms with Crippen molar-refractivity contribution in [1.29, 1.82) is 0 Å². The first kappa shape index (κ1) is 12.8. The van der Waals surface area contributed by atoms with Gasteiger partial charge in [0.1, 0.15) is 23.7 Å². The van der Waals surface area contributed by atoms with Crippen LogP contribution in [0.25, 0.3) is 0 Å². The molecule has 1 aromatic rings. The Morgan fingerprint density at radius 2 is 1.88 bits per heavy atom. The van der Waals surface area contributed by atoms with E-state index in [1.54, 1.807) is 0 Å². The minimum atomic E-state index is -0.195. The molecule has 0 saturated heterocycles. The Bertz CT molecular complexity index is 329. The van der Waals surface area contributed by atoms with Crippen molar-refractivity contribution in [3.63, 3.8) is 0 Å². The van der Waals surface area contributed by atoms with Gasteiger partial charge >= 0.3 is 0 Å². The standard InChI is InChI=1S/C13H21NO2/c1-10(14)9-15-11-6-5-7-12(8-11)16-13(2,3)4/h5-8,10H,9,14H2,1-4H3. The molecular weight excluding hydrogens is 202 g/mol. The summed E-state index contributed by atoms with van der Waals surface area (Å²) in [6, 6.07) is 7.65. The lowest BCUT2D eigenvalue weighted by atomic mass is 10.2. The lowest BCUT2D eigenvalue weighted by Crippen LogP contribution is -2.24. The van der Waals surface area contributed by atoms with Crippen LogP contribution in [0.3, 0.4) is 0 Å². The van der Waals surface area contributed by atoms with Crippen molar-refractivity contribution in [2.75, 3.05) is 6.61 Å². The first-order chi connectivity index (χ1) is 7.37. The number of rotatable bonds is 4. The summed E-state index contributed by atoms with van der Waals surface area (Å²) in [6.45, 7) is 8.47. The van der Waals surface area contributed by atoms with Gasteiger partial charge in [-0.15, -0.1) is 0 Å². The van der Waals surface area contributed by atoms with E-state index in [1.807, 2.05) is 52.0 Å². The summed E-state index contributed by atoms with van der Waals surface area (Å²) in [4.78, 5) is 0. The van der Waals surface area contributed by atoms with Gasteiger partial charge in [0.15, 0.2) is 0 Å². The first-order valence-corrected chi connectivity index (χ1v) is 5.54. The molecule has 0 bridgehead atoms. The molecule has 3 nitrogen and oxygen atoms in total. The molecule has 0 aliphatic heterocycles. The van der Waals surface area contributed by atoms with Crippen molar-refractivity contribution in [2.45, 2.75) is 39.3 Å². The third-order valence-electron chi connectivity index (χ3n) is 1.74. The van der Waals surface area contributed by atoms with Gasteiger partial charge in [0.25, 0.3) is 0 Å². The average Bonchev–Trinajstić information content (AvgIpc) is 2.12. The summed E-state index contributed by atoms with van der Waals surface area (Å²) >= 11 is 0. The molecule has 1 aromatic carbocycles. The molecule has 16 heavy (non-hydrogen) atoms. The maximum absolute atomic E-state index is 5.74. The Balaban J connectivity index is 2.64. The van der Waals surface area contributed by atoms with Gasteiger partial charge in [-0.05, 0) is 39.8 Å². The highest BCUT2D eigenvalue weighted by molar-refractivity contribution is 5.33. The van der Waals surface area contributed by atoms with Gasteiger partial charge in [0.05, 0.1) is 0 Å². The minimum absolute atomic E-state index is 0.0344. The summed E-state index contributed by atoms with van der Waals surface area (Å²) in [5.74, 6) is 1.61. The van der Waals surface area contributed by atoms with Crippen molar-refractivity contribution in [1.82, 2.24) is 0 Å². The van der Waals surface area contributed by atoms with Crippen LogP contribution in [0.4, 0.5) is 0 Å². The van der Waals surface area contributed by atoms with Gasteiger partial charge in [-0.25, -0.2) is 0 Å². The van der Waals surface area contributed by atoms with E-state index in [0.29, 0.717) is 6.61 Å². The maximum Gasteiger partial charge on any atom is 0.123 e. The van der Waals surface area contributed by atoms with E-state index in [2.05, 4.69) is 0 Å². The van der Waals surface area contributed by atoms with Crippen molar-refractivity contribution in [3.05, 3.63) is 24.3 Å². The second kappa shape index (κ2) is 5.21. The summed E-state index contributed by atoms with van der Waals surface area (Å²) in [7, 11) is 0. The molecule has 1 atom stereocenters. The number of nitrogens with two attached hydrogens (primary N) is 1. The van der Waals surface area contributed by atoms with Crippen LogP contribution in [-0.2, 0) is 0 Å². The van der Waals surface area contributed by atoms with Gasteiger partial charge in [0.2, 0.25) is 0 Å². The van der Waals surface area contributed by atoms with Crippen LogP contribution in [-0.4, -0.2) is 18.2 Å². The van der Waals surface area contributed by atoms with Gasteiger partial charge < -0.3 is 15.2 Å². The van der Waals surface area contributed by atoms with Gasteiger partial charge in [-0.3, -0.25) is 0 Å². The predicted molar refractivity (Wildman–Crippen MR) is 66.0 cm³/mol. The van der Waals surface area contributed by atoms with E-state index in [4.69, 9.17) is 15.2 Å². The average molecular weight is 223 g/mol. The van der Waals surface area contributed by atoms with Crippen molar-refractivity contribution in [3.8, 4) is 11.5 Å². The summed E-state index contributed by atoms with van der Waals surface area (Å²) in [5.41, 5.74) is 5.43. The smallest absolute Gasteiger partial charge is 0.123 e. The lowest BCUT2D eigenvalue weighted by Gasteiger charge is -2.21. The van der Waals surface area contributed by atoms with Gasteiger partial charge in [-0.1, -0.05) is 6.07 Å². The molecule has 0 aliphatic rings.